The Morgan fingerprint density at radius 3 is 2.71 bits per heavy atom. The van der Waals surface area contributed by atoms with Crippen molar-refractivity contribution >= 4 is 23.0 Å². The van der Waals surface area contributed by atoms with Crippen molar-refractivity contribution in [2.24, 2.45) is 0 Å². The Labute approximate surface area is 90.1 Å². The van der Waals surface area contributed by atoms with Gasteiger partial charge in [0.25, 0.3) is 0 Å². The molecule has 1 aromatic rings. The van der Waals surface area contributed by atoms with Crippen molar-refractivity contribution in [3.63, 3.8) is 0 Å². The summed E-state index contributed by atoms with van der Waals surface area (Å²) in [5.74, 6) is 0.0751. The number of thiocarbonyl (C=S) groups is 1. The summed E-state index contributed by atoms with van der Waals surface area (Å²) < 4.78 is 5.29. The summed E-state index contributed by atoms with van der Waals surface area (Å²) in [5, 5.41) is 0.602. The highest BCUT2D eigenvalue weighted by Gasteiger charge is 2.14. The van der Waals surface area contributed by atoms with E-state index in [0.29, 0.717) is 11.7 Å². The van der Waals surface area contributed by atoms with Gasteiger partial charge in [0.15, 0.2) is 5.05 Å². The lowest BCUT2D eigenvalue weighted by atomic mass is 10.0. The molecule has 2 nitrogen and oxygen atoms in total. The minimum Gasteiger partial charge on any atom is -0.487 e. The highest BCUT2D eigenvalue weighted by molar-refractivity contribution is 7.80. The number of para-hydroxylation sites is 1. The van der Waals surface area contributed by atoms with Gasteiger partial charge in [-0.3, -0.25) is 0 Å². The molecular weight excluding hydrogens is 194 g/mol. The Morgan fingerprint density at radius 2 is 2.14 bits per heavy atom. The molecular formula is C11H15NOS. The lowest BCUT2D eigenvalue weighted by molar-refractivity contribution is 0.323. The minimum atomic E-state index is 0.0751. The molecule has 1 aromatic carbocycles. The molecule has 0 saturated carbocycles. The first kappa shape index (κ1) is 11.0. The van der Waals surface area contributed by atoms with Crippen LogP contribution in [0.25, 0.3) is 0 Å². The molecule has 0 bridgehead atoms. The van der Waals surface area contributed by atoms with Crippen molar-refractivity contribution in [1.82, 2.24) is 0 Å². The Bertz CT molecular complexity index is 325. The van der Waals surface area contributed by atoms with Crippen LogP contribution in [0.2, 0.25) is 0 Å². The molecule has 0 amide bonds. The molecule has 14 heavy (non-hydrogen) atoms. The normalized spacial score (nSPS) is 12.1. The molecule has 3 heteroatoms. The molecule has 1 atom stereocenters. The summed E-state index contributed by atoms with van der Waals surface area (Å²) >= 11 is 5.14. The molecule has 0 aliphatic heterocycles. The fourth-order valence-corrected chi connectivity index (χ4v) is 1.54. The minimum absolute atomic E-state index is 0.0751. The second-order valence-corrected chi connectivity index (χ2v) is 3.51. The van der Waals surface area contributed by atoms with E-state index in [1.807, 2.05) is 38.1 Å². The molecule has 1 rings (SSSR count). The van der Waals surface area contributed by atoms with Crippen molar-refractivity contribution in [2.75, 3.05) is 12.3 Å². The van der Waals surface area contributed by atoms with Crippen molar-refractivity contribution in [3.05, 3.63) is 29.8 Å². The summed E-state index contributed by atoms with van der Waals surface area (Å²) in [5.41, 5.74) is 7.64. The highest BCUT2D eigenvalue weighted by atomic mass is 32.1. The van der Waals surface area contributed by atoms with Gasteiger partial charge < -0.3 is 10.5 Å². The number of hydrogen-bond acceptors (Lipinski definition) is 3. The van der Waals surface area contributed by atoms with Gasteiger partial charge in [0.1, 0.15) is 0 Å². The maximum absolute atomic E-state index is 5.84. The van der Waals surface area contributed by atoms with Crippen LogP contribution in [-0.2, 0) is 4.74 Å². The van der Waals surface area contributed by atoms with Crippen LogP contribution in [0.3, 0.4) is 0 Å². The number of hydrogen-bond donors (Lipinski definition) is 1. The Balaban J connectivity index is 2.84. The van der Waals surface area contributed by atoms with Crippen molar-refractivity contribution in [3.8, 4) is 0 Å². The van der Waals surface area contributed by atoms with E-state index in [4.69, 9.17) is 22.7 Å². The van der Waals surface area contributed by atoms with Crippen LogP contribution in [0.4, 0.5) is 5.69 Å². The van der Waals surface area contributed by atoms with E-state index in [9.17, 15) is 0 Å². The fraction of sp³-hybridized carbons (Fsp3) is 0.364. The van der Waals surface area contributed by atoms with Gasteiger partial charge in [0.2, 0.25) is 0 Å². The zero-order valence-electron chi connectivity index (χ0n) is 8.49. The average Bonchev–Trinajstić information content (AvgIpc) is 2.18. The molecule has 0 radical (unpaired) electrons. The summed E-state index contributed by atoms with van der Waals surface area (Å²) in [4.78, 5) is 0. The summed E-state index contributed by atoms with van der Waals surface area (Å²) in [7, 11) is 0. The molecule has 0 saturated heterocycles. The first-order chi connectivity index (χ1) is 6.66. The summed E-state index contributed by atoms with van der Waals surface area (Å²) in [6, 6.07) is 7.72. The van der Waals surface area contributed by atoms with E-state index in [1.165, 1.54) is 0 Å². The monoisotopic (exact) mass is 209 g/mol. The van der Waals surface area contributed by atoms with Gasteiger partial charge >= 0.3 is 0 Å². The lowest BCUT2D eigenvalue weighted by Crippen LogP contribution is -2.12. The fourth-order valence-electron chi connectivity index (χ4n) is 1.30. The molecule has 0 fully saturated rings. The quantitative estimate of drug-likeness (QED) is 0.614. The number of nitrogens with two attached hydrogens (primary N) is 1. The van der Waals surface area contributed by atoms with E-state index < -0.39 is 0 Å². The Kier molecular flexibility index (Phi) is 3.89. The van der Waals surface area contributed by atoms with Gasteiger partial charge in [-0.15, -0.1) is 0 Å². The van der Waals surface area contributed by atoms with Gasteiger partial charge in [0, 0.05) is 5.69 Å². The maximum Gasteiger partial charge on any atom is 0.166 e. The zero-order chi connectivity index (χ0) is 10.6. The molecule has 76 valence electrons. The topological polar surface area (TPSA) is 35.2 Å². The summed E-state index contributed by atoms with van der Waals surface area (Å²) in [6.07, 6.45) is 0. The van der Waals surface area contributed by atoms with Crippen LogP contribution in [-0.4, -0.2) is 11.7 Å². The highest BCUT2D eigenvalue weighted by Crippen LogP contribution is 2.23. The van der Waals surface area contributed by atoms with Crippen LogP contribution in [0.1, 0.15) is 25.3 Å². The molecule has 1 unspecified atom stereocenters. The number of nitrogen functional groups attached to an aromatic ring is 1. The predicted octanol–water partition coefficient (Wildman–Crippen LogP) is 2.74. The third kappa shape index (κ3) is 2.45. The van der Waals surface area contributed by atoms with Crippen LogP contribution < -0.4 is 5.73 Å². The SMILES string of the molecule is CCOC(=S)C(C)c1ccccc1N. The third-order valence-corrected chi connectivity index (χ3v) is 2.57. The number of benzene rings is 1. The number of anilines is 1. The molecule has 2 N–H and O–H groups in total. The zero-order valence-corrected chi connectivity index (χ0v) is 9.30. The standard InChI is InChI=1S/C11H15NOS/c1-3-13-11(14)8(2)9-6-4-5-7-10(9)12/h4-8H,3,12H2,1-2H3. The maximum atomic E-state index is 5.84. The van der Waals surface area contributed by atoms with Gasteiger partial charge in [-0.05, 0) is 30.8 Å². The molecule has 0 aliphatic carbocycles. The van der Waals surface area contributed by atoms with E-state index >= 15 is 0 Å². The van der Waals surface area contributed by atoms with Gasteiger partial charge in [0.05, 0.1) is 12.5 Å². The van der Waals surface area contributed by atoms with Gasteiger partial charge in [-0.1, -0.05) is 25.1 Å². The van der Waals surface area contributed by atoms with Crippen LogP contribution in [0.15, 0.2) is 24.3 Å². The van der Waals surface area contributed by atoms with Gasteiger partial charge in [-0.2, -0.15) is 0 Å². The Morgan fingerprint density at radius 1 is 1.50 bits per heavy atom. The molecule has 0 aromatic heterocycles. The van der Waals surface area contributed by atoms with E-state index in [-0.39, 0.29) is 5.92 Å². The van der Waals surface area contributed by atoms with E-state index in [2.05, 4.69) is 0 Å². The van der Waals surface area contributed by atoms with E-state index in [1.54, 1.807) is 0 Å². The largest absolute Gasteiger partial charge is 0.487 e. The van der Waals surface area contributed by atoms with Crippen LogP contribution in [0, 0.1) is 0 Å². The van der Waals surface area contributed by atoms with Crippen LogP contribution in [0.5, 0.6) is 0 Å². The Hall–Kier alpha value is -1.09. The van der Waals surface area contributed by atoms with Crippen molar-refractivity contribution in [1.29, 1.82) is 0 Å². The second kappa shape index (κ2) is 4.96. The average molecular weight is 209 g/mol. The first-order valence-corrected chi connectivity index (χ1v) is 5.08. The lowest BCUT2D eigenvalue weighted by Gasteiger charge is -2.15. The van der Waals surface area contributed by atoms with Crippen molar-refractivity contribution in [2.45, 2.75) is 19.8 Å². The summed E-state index contributed by atoms with van der Waals surface area (Å²) in [6.45, 7) is 4.53. The second-order valence-electron chi connectivity index (χ2n) is 3.10. The number of ether oxygens (including phenoxy) is 1. The first-order valence-electron chi connectivity index (χ1n) is 4.67. The van der Waals surface area contributed by atoms with Crippen molar-refractivity contribution < 1.29 is 4.74 Å². The predicted molar refractivity (Wildman–Crippen MR) is 63.5 cm³/mol. The van der Waals surface area contributed by atoms with Gasteiger partial charge in [-0.25, -0.2) is 0 Å². The molecule has 0 spiro atoms. The molecule has 0 aliphatic rings. The van der Waals surface area contributed by atoms with E-state index in [0.717, 1.165) is 11.3 Å². The van der Waals surface area contributed by atoms with Crippen LogP contribution >= 0.6 is 12.2 Å². The smallest absolute Gasteiger partial charge is 0.166 e. The third-order valence-electron chi connectivity index (χ3n) is 2.10. The molecule has 0 heterocycles. The number of rotatable bonds is 3.